The van der Waals surface area contributed by atoms with Gasteiger partial charge in [-0.25, -0.2) is 8.42 Å². The normalized spacial score (nSPS) is 14.0. The number of amides is 2. The Kier molecular flexibility index (Phi) is 7.45. The van der Waals surface area contributed by atoms with Gasteiger partial charge in [-0.15, -0.1) is 23.7 Å². The lowest BCUT2D eigenvalue weighted by molar-refractivity contribution is 0.1000. The summed E-state index contributed by atoms with van der Waals surface area (Å²) in [5, 5.41) is 3.11. The summed E-state index contributed by atoms with van der Waals surface area (Å²) >= 11 is 1.33. The van der Waals surface area contributed by atoms with Crippen molar-refractivity contribution in [2.45, 2.75) is 31.7 Å². The molecule has 1 aromatic heterocycles. The number of hydrogen-bond acceptors (Lipinski definition) is 6. The maximum absolute atomic E-state index is 12.9. The van der Waals surface area contributed by atoms with Crippen LogP contribution < -0.4 is 11.1 Å². The Labute approximate surface area is 180 Å². The Morgan fingerprint density at radius 3 is 2.55 bits per heavy atom. The molecule has 0 bridgehead atoms. The molecular weight excluding hydrogens is 434 g/mol. The zero-order valence-corrected chi connectivity index (χ0v) is 18.7. The van der Waals surface area contributed by atoms with Crippen molar-refractivity contribution in [3.8, 4) is 0 Å². The molecule has 3 N–H and O–H groups in total. The molecular formula is C19H24ClN3O4S2. The van der Waals surface area contributed by atoms with E-state index in [2.05, 4.69) is 17.1 Å². The number of carbonyl (C=O) groups is 2. The van der Waals surface area contributed by atoms with E-state index < -0.39 is 21.7 Å². The number of nitrogens with one attached hydrogen (secondary N) is 1. The fraction of sp³-hybridized carbons (Fsp3) is 0.368. The summed E-state index contributed by atoms with van der Waals surface area (Å²) in [4.78, 5) is 28.2. The number of rotatable bonds is 6. The fourth-order valence-corrected chi connectivity index (χ4v) is 5.71. The van der Waals surface area contributed by atoms with Gasteiger partial charge in [-0.05, 0) is 30.7 Å². The van der Waals surface area contributed by atoms with Crippen LogP contribution in [0.15, 0.2) is 29.2 Å². The van der Waals surface area contributed by atoms with E-state index in [1.165, 1.54) is 30.4 Å². The van der Waals surface area contributed by atoms with Crippen LogP contribution in [0.3, 0.4) is 0 Å². The molecule has 0 fully saturated rings. The Morgan fingerprint density at radius 2 is 1.93 bits per heavy atom. The molecule has 2 amide bonds. The molecule has 0 saturated carbocycles. The summed E-state index contributed by atoms with van der Waals surface area (Å²) in [5.74, 6) is -1.27. The summed E-state index contributed by atoms with van der Waals surface area (Å²) in [6.45, 7) is 6.02. The summed E-state index contributed by atoms with van der Waals surface area (Å²) in [7, 11) is -3.56. The third kappa shape index (κ3) is 4.63. The van der Waals surface area contributed by atoms with E-state index in [1.807, 2.05) is 0 Å². The van der Waals surface area contributed by atoms with E-state index in [1.54, 1.807) is 12.1 Å². The standard InChI is InChI=1S/C19H23N3O4S2.ClH/c1-3-22-10-9-12-14(11-22)27-19(16(12)17(20)23)21-18(24)13-7-5-6-8-15(13)28(25,26)4-2;/h5-8H,3-4,9-11H2,1-2H3,(H2,20,23)(H,21,24);1H. The van der Waals surface area contributed by atoms with Crippen molar-refractivity contribution in [2.75, 3.05) is 24.2 Å². The Balaban J connectivity index is 0.00000300. The second-order valence-corrected chi connectivity index (χ2v) is 9.90. The number of primary amides is 1. The lowest BCUT2D eigenvalue weighted by atomic mass is 10.0. The molecule has 0 atom stereocenters. The second-order valence-electron chi connectivity index (χ2n) is 6.54. The number of thiophene rings is 1. The number of anilines is 1. The van der Waals surface area contributed by atoms with Crippen LogP contribution in [-0.2, 0) is 22.8 Å². The van der Waals surface area contributed by atoms with Gasteiger partial charge in [-0.2, -0.15) is 0 Å². The summed E-state index contributed by atoms with van der Waals surface area (Å²) in [6.07, 6.45) is 0.689. The van der Waals surface area contributed by atoms with Crippen molar-refractivity contribution in [2.24, 2.45) is 5.73 Å². The van der Waals surface area contributed by atoms with Gasteiger partial charge < -0.3 is 11.1 Å². The van der Waals surface area contributed by atoms with E-state index in [-0.39, 0.29) is 28.6 Å². The van der Waals surface area contributed by atoms with Gasteiger partial charge in [0.25, 0.3) is 11.8 Å². The lowest BCUT2D eigenvalue weighted by Gasteiger charge is -2.25. The number of likely N-dealkylation sites (N-methyl/N-ethyl adjacent to an activating group) is 1. The molecule has 158 valence electrons. The molecule has 3 rings (SSSR count). The van der Waals surface area contributed by atoms with E-state index in [9.17, 15) is 18.0 Å². The van der Waals surface area contributed by atoms with Gasteiger partial charge in [0.1, 0.15) is 5.00 Å². The molecule has 2 heterocycles. The van der Waals surface area contributed by atoms with Crippen LogP contribution in [0.2, 0.25) is 0 Å². The molecule has 0 aliphatic carbocycles. The maximum atomic E-state index is 12.9. The molecule has 29 heavy (non-hydrogen) atoms. The minimum absolute atomic E-state index is 0. The molecule has 0 unspecified atom stereocenters. The number of benzene rings is 1. The molecule has 2 aromatic rings. The van der Waals surface area contributed by atoms with Gasteiger partial charge in [0.2, 0.25) is 0 Å². The quantitative estimate of drug-likeness (QED) is 0.693. The van der Waals surface area contributed by atoms with Crippen LogP contribution in [0.25, 0.3) is 0 Å². The van der Waals surface area contributed by atoms with Gasteiger partial charge >= 0.3 is 0 Å². The highest BCUT2D eigenvalue weighted by molar-refractivity contribution is 7.91. The number of hydrogen-bond donors (Lipinski definition) is 2. The topological polar surface area (TPSA) is 110 Å². The number of carbonyl (C=O) groups excluding carboxylic acids is 2. The maximum Gasteiger partial charge on any atom is 0.257 e. The van der Waals surface area contributed by atoms with Crippen molar-refractivity contribution in [1.29, 1.82) is 0 Å². The van der Waals surface area contributed by atoms with Crippen LogP contribution in [0.5, 0.6) is 0 Å². The highest BCUT2D eigenvalue weighted by atomic mass is 35.5. The first kappa shape index (κ1) is 23.3. The molecule has 0 saturated heterocycles. The summed E-state index contributed by atoms with van der Waals surface area (Å²) < 4.78 is 24.7. The van der Waals surface area contributed by atoms with Crippen molar-refractivity contribution in [1.82, 2.24) is 4.90 Å². The van der Waals surface area contributed by atoms with Crippen LogP contribution in [0, 0.1) is 0 Å². The van der Waals surface area contributed by atoms with E-state index in [0.29, 0.717) is 23.5 Å². The van der Waals surface area contributed by atoms with Gasteiger partial charge in [0, 0.05) is 18.0 Å². The zero-order valence-electron chi connectivity index (χ0n) is 16.2. The summed E-state index contributed by atoms with van der Waals surface area (Å²) in [6, 6.07) is 6.07. The van der Waals surface area contributed by atoms with Crippen LogP contribution in [0.1, 0.15) is 45.0 Å². The first-order valence-corrected chi connectivity index (χ1v) is 11.5. The van der Waals surface area contributed by atoms with Gasteiger partial charge in [0.05, 0.1) is 21.8 Å². The SMILES string of the molecule is CCN1CCc2c(sc(NC(=O)c3ccccc3S(=O)(=O)CC)c2C(N)=O)C1.Cl. The average molecular weight is 458 g/mol. The van der Waals surface area contributed by atoms with Gasteiger partial charge in [-0.1, -0.05) is 26.0 Å². The largest absolute Gasteiger partial charge is 0.365 e. The van der Waals surface area contributed by atoms with Crippen molar-refractivity contribution in [3.05, 3.63) is 45.8 Å². The third-order valence-corrected chi connectivity index (χ3v) is 7.82. The molecule has 1 aromatic carbocycles. The minimum Gasteiger partial charge on any atom is -0.365 e. The number of fused-ring (bicyclic) bond motifs is 1. The first-order chi connectivity index (χ1) is 13.3. The molecule has 7 nitrogen and oxygen atoms in total. The van der Waals surface area contributed by atoms with E-state index >= 15 is 0 Å². The highest BCUT2D eigenvalue weighted by Crippen LogP contribution is 2.37. The van der Waals surface area contributed by atoms with Gasteiger partial charge in [0.15, 0.2) is 9.84 Å². The van der Waals surface area contributed by atoms with Crippen LogP contribution >= 0.6 is 23.7 Å². The first-order valence-electron chi connectivity index (χ1n) is 9.08. The number of nitrogens with zero attached hydrogens (tertiary/aromatic N) is 1. The zero-order chi connectivity index (χ0) is 20.5. The number of sulfone groups is 1. The third-order valence-electron chi connectivity index (χ3n) is 4.90. The Morgan fingerprint density at radius 1 is 1.24 bits per heavy atom. The lowest BCUT2D eigenvalue weighted by Crippen LogP contribution is -2.30. The smallest absolute Gasteiger partial charge is 0.257 e. The second kappa shape index (κ2) is 9.25. The van der Waals surface area contributed by atoms with Crippen molar-refractivity contribution < 1.29 is 18.0 Å². The van der Waals surface area contributed by atoms with Crippen LogP contribution in [0.4, 0.5) is 5.00 Å². The average Bonchev–Trinajstić information content (AvgIpc) is 3.04. The van der Waals surface area contributed by atoms with Gasteiger partial charge in [-0.3, -0.25) is 14.5 Å². The molecule has 1 aliphatic heterocycles. The predicted molar refractivity (Wildman–Crippen MR) is 117 cm³/mol. The van der Waals surface area contributed by atoms with Crippen molar-refractivity contribution in [3.63, 3.8) is 0 Å². The van der Waals surface area contributed by atoms with Crippen LogP contribution in [-0.4, -0.2) is 44.0 Å². The molecule has 10 heteroatoms. The number of nitrogens with two attached hydrogens (primary N) is 1. The van der Waals surface area contributed by atoms with Crippen molar-refractivity contribution >= 4 is 50.4 Å². The molecule has 0 spiro atoms. The Hall–Kier alpha value is -1.94. The summed E-state index contributed by atoms with van der Waals surface area (Å²) in [5.41, 5.74) is 6.86. The Bertz CT molecular complexity index is 1030. The van der Waals surface area contributed by atoms with E-state index in [0.717, 1.165) is 23.5 Å². The minimum atomic E-state index is -3.56. The molecule has 1 aliphatic rings. The highest BCUT2D eigenvalue weighted by Gasteiger charge is 2.28. The van der Waals surface area contributed by atoms with E-state index in [4.69, 9.17) is 5.73 Å². The molecule has 0 radical (unpaired) electrons. The monoisotopic (exact) mass is 457 g/mol. The predicted octanol–water partition coefficient (Wildman–Crippen LogP) is 2.69. The fourth-order valence-electron chi connectivity index (χ4n) is 3.33. The number of halogens is 1.